The Morgan fingerprint density at radius 3 is 2.35 bits per heavy atom. The first-order valence-corrected chi connectivity index (χ1v) is 8.47. The van der Waals surface area contributed by atoms with Gasteiger partial charge in [-0.25, -0.2) is 0 Å². The van der Waals surface area contributed by atoms with Gasteiger partial charge in [0.15, 0.2) is 23.1 Å². The number of benzene rings is 1. The van der Waals surface area contributed by atoms with Crippen molar-refractivity contribution in [2.45, 2.75) is 33.8 Å². The number of Topliss-reactive ketones (excluding diaryl/α,β-unsaturated/α-hetero) is 1. The molecule has 136 valence electrons. The molecule has 4 rings (SSSR count). The number of allylic oxidation sites excluding steroid dienone is 4. The first kappa shape index (κ1) is 16.7. The summed E-state index contributed by atoms with van der Waals surface area (Å²) in [5.41, 5.74) is 0.985. The fourth-order valence-corrected chi connectivity index (χ4v) is 4.27. The summed E-state index contributed by atoms with van der Waals surface area (Å²) in [5.74, 6) is -2.00. The largest absolute Gasteiger partial charge is 0.504 e. The molecule has 2 unspecified atom stereocenters. The first-order valence-electron chi connectivity index (χ1n) is 8.47. The molecule has 0 bridgehead atoms. The van der Waals surface area contributed by atoms with Crippen LogP contribution in [0.3, 0.4) is 0 Å². The standard InChI is InChI=1S/C20H20O6/c1-7-6-9(21)11-12-10(7)18-14(20(3,4)8(2)26-18)15(22)13(12)17(24)19(25-5)16(11)23/h6,8,14,23-24H,1-5H3. The molecule has 2 aliphatic carbocycles. The van der Waals surface area contributed by atoms with Gasteiger partial charge in [-0.1, -0.05) is 13.8 Å². The molecule has 1 fully saturated rings. The fraction of sp³-hybridized carbons (Fsp3) is 0.400. The van der Waals surface area contributed by atoms with Crippen LogP contribution >= 0.6 is 0 Å². The molecule has 26 heavy (non-hydrogen) atoms. The fourth-order valence-electron chi connectivity index (χ4n) is 4.27. The number of phenols is 2. The first-order chi connectivity index (χ1) is 12.1. The molecule has 0 amide bonds. The van der Waals surface area contributed by atoms with Crippen molar-refractivity contribution in [3.63, 3.8) is 0 Å². The summed E-state index contributed by atoms with van der Waals surface area (Å²) in [4.78, 5) is 25.9. The highest BCUT2D eigenvalue weighted by molar-refractivity contribution is 6.23. The Balaban J connectivity index is 2.19. The summed E-state index contributed by atoms with van der Waals surface area (Å²) in [5, 5.41) is 21.2. The molecular formula is C20H20O6. The zero-order chi connectivity index (χ0) is 19.1. The van der Waals surface area contributed by atoms with E-state index >= 15 is 0 Å². The van der Waals surface area contributed by atoms with Gasteiger partial charge in [0, 0.05) is 16.6 Å². The second-order valence-electron chi connectivity index (χ2n) is 7.67. The van der Waals surface area contributed by atoms with Crippen molar-refractivity contribution in [2.75, 3.05) is 7.11 Å². The number of fused-ring (bicyclic) bond motifs is 1. The highest BCUT2D eigenvalue weighted by Gasteiger charge is 2.56. The van der Waals surface area contributed by atoms with E-state index < -0.39 is 28.6 Å². The van der Waals surface area contributed by atoms with Gasteiger partial charge in [-0.2, -0.15) is 0 Å². The lowest BCUT2D eigenvalue weighted by molar-refractivity contribution is 0.0805. The van der Waals surface area contributed by atoms with Crippen LogP contribution in [-0.4, -0.2) is 35.0 Å². The minimum absolute atomic E-state index is 0.0185. The lowest BCUT2D eigenvalue weighted by Gasteiger charge is -2.33. The third-order valence-corrected chi connectivity index (χ3v) is 5.96. The number of phenolic OH excluding ortho intramolecular Hbond substituents is 2. The molecule has 1 aromatic rings. The van der Waals surface area contributed by atoms with Gasteiger partial charge in [-0.05, 0) is 25.5 Å². The Hall–Kier alpha value is -2.76. The second-order valence-corrected chi connectivity index (χ2v) is 7.67. The highest BCUT2D eigenvalue weighted by Crippen LogP contribution is 2.59. The van der Waals surface area contributed by atoms with Crippen LogP contribution in [0.5, 0.6) is 17.2 Å². The van der Waals surface area contributed by atoms with Gasteiger partial charge in [0.1, 0.15) is 11.9 Å². The molecule has 6 heteroatoms. The summed E-state index contributed by atoms with van der Waals surface area (Å²) in [6.45, 7) is 7.55. The molecule has 1 aliphatic heterocycles. The Morgan fingerprint density at radius 2 is 1.73 bits per heavy atom. The van der Waals surface area contributed by atoms with Gasteiger partial charge in [0.05, 0.1) is 24.2 Å². The van der Waals surface area contributed by atoms with E-state index in [2.05, 4.69) is 0 Å². The van der Waals surface area contributed by atoms with Crippen LogP contribution in [0.15, 0.2) is 17.4 Å². The zero-order valence-corrected chi connectivity index (χ0v) is 15.3. The summed E-state index contributed by atoms with van der Waals surface area (Å²) in [6, 6.07) is 0. The van der Waals surface area contributed by atoms with E-state index in [9.17, 15) is 19.8 Å². The van der Waals surface area contributed by atoms with E-state index in [0.717, 1.165) is 0 Å². The van der Waals surface area contributed by atoms with E-state index in [1.54, 1.807) is 6.92 Å². The summed E-state index contributed by atoms with van der Waals surface area (Å²) in [6.07, 6.45) is 1.19. The predicted molar refractivity (Wildman–Crippen MR) is 93.5 cm³/mol. The van der Waals surface area contributed by atoms with Crippen molar-refractivity contribution in [1.29, 1.82) is 0 Å². The molecule has 0 radical (unpaired) electrons. The van der Waals surface area contributed by atoms with Crippen LogP contribution < -0.4 is 4.74 Å². The number of ether oxygens (including phenoxy) is 2. The molecular weight excluding hydrogens is 336 g/mol. The number of hydrogen-bond acceptors (Lipinski definition) is 6. The maximum atomic E-state index is 13.4. The summed E-state index contributed by atoms with van der Waals surface area (Å²) in [7, 11) is 1.27. The van der Waals surface area contributed by atoms with Crippen molar-refractivity contribution >= 4 is 17.1 Å². The van der Waals surface area contributed by atoms with Gasteiger partial charge in [0.25, 0.3) is 0 Å². The van der Waals surface area contributed by atoms with Crippen LogP contribution in [0.4, 0.5) is 0 Å². The smallest absolute Gasteiger partial charge is 0.204 e. The van der Waals surface area contributed by atoms with E-state index in [-0.39, 0.29) is 34.3 Å². The topological polar surface area (TPSA) is 93.1 Å². The van der Waals surface area contributed by atoms with Crippen molar-refractivity contribution in [3.05, 3.63) is 34.1 Å². The highest BCUT2D eigenvalue weighted by atomic mass is 16.5. The van der Waals surface area contributed by atoms with Crippen LogP contribution in [0, 0.1) is 11.3 Å². The van der Waals surface area contributed by atoms with Crippen molar-refractivity contribution < 1.29 is 29.3 Å². The molecule has 1 heterocycles. The average Bonchev–Trinajstić information content (AvgIpc) is 2.77. The minimum Gasteiger partial charge on any atom is -0.504 e. The zero-order valence-electron chi connectivity index (χ0n) is 15.3. The molecule has 1 saturated heterocycles. The van der Waals surface area contributed by atoms with Crippen LogP contribution in [-0.2, 0) is 4.74 Å². The normalized spacial score (nSPS) is 25.5. The van der Waals surface area contributed by atoms with E-state index in [0.29, 0.717) is 16.9 Å². The molecule has 0 spiro atoms. The van der Waals surface area contributed by atoms with Gasteiger partial charge in [-0.15, -0.1) is 0 Å². The maximum absolute atomic E-state index is 13.4. The number of ketones is 2. The Morgan fingerprint density at radius 1 is 1.12 bits per heavy atom. The quantitative estimate of drug-likeness (QED) is 0.802. The lowest BCUT2D eigenvalue weighted by atomic mass is 9.66. The Kier molecular flexibility index (Phi) is 3.15. The van der Waals surface area contributed by atoms with E-state index in [4.69, 9.17) is 9.47 Å². The minimum atomic E-state index is -0.579. The van der Waals surface area contributed by atoms with Gasteiger partial charge >= 0.3 is 0 Å². The molecule has 2 atom stereocenters. The van der Waals surface area contributed by atoms with Crippen LogP contribution in [0.2, 0.25) is 0 Å². The molecule has 3 aliphatic rings. The van der Waals surface area contributed by atoms with Crippen LogP contribution in [0.25, 0.3) is 5.57 Å². The number of carbonyl (C=O) groups is 2. The SMILES string of the molecule is COc1c(O)c2c3c(c1O)C(=O)C1C(=C3C(C)=CC2=O)OC(C)C1(C)C. The van der Waals surface area contributed by atoms with Gasteiger partial charge < -0.3 is 19.7 Å². The van der Waals surface area contributed by atoms with Crippen molar-refractivity contribution in [1.82, 2.24) is 0 Å². The lowest BCUT2D eigenvalue weighted by Crippen LogP contribution is -2.35. The number of methoxy groups -OCH3 is 1. The number of rotatable bonds is 1. The number of hydrogen-bond donors (Lipinski definition) is 2. The third kappa shape index (κ3) is 1.71. The van der Waals surface area contributed by atoms with Crippen molar-refractivity contribution in [2.24, 2.45) is 11.3 Å². The molecule has 0 aromatic heterocycles. The number of carbonyl (C=O) groups excluding carboxylic acids is 2. The molecule has 6 nitrogen and oxygen atoms in total. The predicted octanol–water partition coefficient (Wildman–Crippen LogP) is 3.22. The summed E-state index contributed by atoms with van der Waals surface area (Å²) >= 11 is 0. The Bertz CT molecular complexity index is 963. The summed E-state index contributed by atoms with van der Waals surface area (Å²) < 4.78 is 11.1. The van der Waals surface area contributed by atoms with Crippen LogP contribution in [0.1, 0.15) is 54.0 Å². The monoisotopic (exact) mass is 356 g/mol. The molecule has 0 saturated carbocycles. The van der Waals surface area contributed by atoms with E-state index in [1.165, 1.54) is 13.2 Å². The Labute approximate surface area is 150 Å². The van der Waals surface area contributed by atoms with Gasteiger partial charge in [-0.3, -0.25) is 9.59 Å². The van der Waals surface area contributed by atoms with Gasteiger partial charge in [0.2, 0.25) is 5.75 Å². The number of aromatic hydroxyl groups is 2. The van der Waals surface area contributed by atoms with E-state index in [1.807, 2.05) is 20.8 Å². The average molecular weight is 356 g/mol. The maximum Gasteiger partial charge on any atom is 0.204 e. The molecule has 2 N–H and O–H groups in total. The second kappa shape index (κ2) is 4.90. The third-order valence-electron chi connectivity index (χ3n) is 5.96. The molecule has 1 aromatic carbocycles. The van der Waals surface area contributed by atoms with Crippen molar-refractivity contribution in [3.8, 4) is 17.2 Å².